The predicted molar refractivity (Wildman–Crippen MR) is 83.0 cm³/mol. The van der Waals surface area contributed by atoms with Crippen LogP contribution in [0.25, 0.3) is 0 Å². The zero-order valence-electron chi connectivity index (χ0n) is 12.8. The third-order valence-electron chi connectivity index (χ3n) is 3.74. The number of ether oxygens (including phenoxy) is 1. The maximum absolute atomic E-state index is 12.7. The van der Waals surface area contributed by atoms with E-state index in [9.17, 15) is 18.0 Å². The maximum atomic E-state index is 12.7. The highest BCUT2D eigenvalue weighted by molar-refractivity contribution is 5.94. The molecule has 1 saturated carbocycles. The molecule has 0 unspecified atom stereocenters. The highest BCUT2D eigenvalue weighted by atomic mass is 19.4. The Bertz CT molecular complexity index is 739. The molecule has 0 aromatic heterocycles. The second-order valence-corrected chi connectivity index (χ2v) is 5.81. The van der Waals surface area contributed by atoms with Crippen LogP contribution in [0.5, 0.6) is 11.5 Å². The lowest BCUT2D eigenvalue weighted by Gasteiger charge is -2.11. The Morgan fingerprint density at radius 2 is 1.75 bits per heavy atom. The molecular formula is C18H16F3NO2. The van der Waals surface area contributed by atoms with E-state index in [1.807, 2.05) is 0 Å². The highest BCUT2D eigenvalue weighted by Gasteiger charge is 2.30. The van der Waals surface area contributed by atoms with Crippen molar-refractivity contribution in [1.82, 2.24) is 5.32 Å². The molecule has 0 saturated heterocycles. The van der Waals surface area contributed by atoms with Crippen LogP contribution in [0, 0.1) is 5.92 Å². The van der Waals surface area contributed by atoms with Gasteiger partial charge >= 0.3 is 6.18 Å². The van der Waals surface area contributed by atoms with Crippen molar-refractivity contribution in [3.8, 4) is 11.5 Å². The maximum Gasteiger partial charge on any atom is 0.416 e. The molecule has 0 spiro atoms. The quantitative estimate of drug-likeness (QED) is 0.864. The van der Waals surface area contributed by atoms with Crippen molar-refractivity contribution in [2.24, 2.45) is 5.92 Å². The molecular weight excluding hydrogens is 319 g/mol. The number of hydrogen-bond donors (Lipinski definition) is 1. The van der Waals surface area contributed by atoms with E-state index >= 15 is 0 Å². The Labute approximate surface area is 137 Å². The van der Waals surface area contributed by atoms with Crippen molar-refractivity contribution < 1.29 is 22.7 Å². The number of benzene rings is 2. The number of nitrogens with one attached hydrogen (secondary N) is 1. The summed E-state index contributed by atoms with van der Waals surface area (Å²) in [6.07, 6.45) is -2.15. The van der Waals surface area contributed by atoms with Gasteiger partial charge in [0.25, 0.3) is 5.91 Å². The van der Waals surface area contributed by atoms with Gasteiger partial charge < -0.3 is 10.1 Å². The minimum atomic E-state index is -4.43. The standard InChI is InChI=1S/C18H16F3NO2/c19-18(20,21)14-4-2-6-16(10-14)24-15-5-1-3-13(9-15)17(23)22-11-12-7-8-12/h1-6,9-10,12H,7-8,11H2,(H,22,23). The lowest BCUT2D eigenvalue weighted by Crippen LogP contribution is -2.25. The fourth-order valence-electron chi connectivity index (χ4n) is 2.23. The third-order valence-corrected chi connectivity index (χ3v) is 3.74. The van der Waals surface area contributed by atoms with Crippen molar-refractivity contribution in [3.05, 3.63) is 59.7 Å². The number of carbonyl (C=O) groups is 1. The summed E-state index contributed by atoms with van der Waals surface area (Å²) >= 11 is 0. The van der Waals surface area contributed by atoms with Gasteiger partial charge in [-0.3, -0.25) is 4.79 Å². The molecule has 0 bridgehead atoms. The van der Waals surface area contributed by atoms with E-state index < -0.39 is 11.7 Å². The average molecular weight is 335 g/mol. The minimum absolute atomic E-state index is 0.0698. The van der Waals surface area contributed by atoms with Gasteiger partial charge in [-0.25, -0.2) is 0 Å². The summed E-state index contributed by atoms with van der Waals surface area (Å²) in [6.45, 7) is 0.650. The normalized spacial score (nSPS) is 14.3. The number of halogens is 3. The lowest BCUT2D eigenvalue weighted by atomic mass is 10.2. The van der Waals surface area contributed by atoms with Gasteiger partial charge in [0, 0.05) is 12.1 Å². The van der Waals surface area contributed by atoms with Crippen LogP contribution in [0.3, 0.4) is 0 Å². The number of rotatable bonds is 5. The summed E-state index contributed by atoms with van der Waals surface area (Å²) in [5, 5.41) is 2.84. The fourth-order valence-corrected chi connectivity index (χ4v) is 2.23. The van der Waals surface area contributed by atoms with Crippen molar-refractivity contribution in [2.75, 3.05) is 6.54 Å². The molecule has 3 rings (SSSR count). The second kappa shape index (κ2) is 6.55. The molecule has 24 heavy (non-hydrogen) atoms. The zero-order chi connectivity index (χ0) is 17.2. The molecule has 1 N–H and O–H groups in total. The molecule has 6 heteroatoms. The Morgan fingerprint density at radius 3 is 2.42 bits per heavy atom. The highest BCUT2D eigenvalue weighted by Crippen LogP contribution is 2.33. The molecule has 1 aliphatic carbocycles. The van der Waals surface area contributed by atoms with Crippen LogP contribution in [-0.2, 0) is 6.18 Å². The number of carbonyl (C=O) groups excluding carboxylic acids is 1. The van der Waals surface area contributed by atoms with Gasteiger partial charge in [-0.1, -0.05) is 12.1 Å². The first-order chi connectivity index (χ1) is 11.4. The van der Waals surface area contributed by atoms with E-state index in [1.165, 1.54) is 18.2 Å². The first-order valence-corrected chi connectivity index (χ1v) is 7.65. The van der Waals surface area contributed by atoms with Gasteiger partial charge in [-0.15, -0.1) is 0 Å². The Balaban J connectivity index is 1.71. The van der Waals surface area contributed by atoms with Gasteiger partial charge in [-0.2, -0.15) is 13.2 Å². The minimum Gasteiger partial charge on any atom is -0.457 e. The van der Waals surface area contributed by atoms with Crippen LogP contribution < -0.4 is 10.1 Å². The van der Waals surface area contributed by atoms with Crippen LogP contribution >= 0.6 is 0 Å². The summed E-state index contributed by atoms with van der Waals surface area (Å²) in [5.74, 6) is 0.739. The van der Waals surface area contributed by atoms with Gasteiger partial charge in [-0.05, 0) is 55.2 Å². The molecule has 1 aliphatic rings. The van der Waals surface area contributed by atoms with Crippen LogP contribution in [0.4, 0.5) is 13.2 Å². The average Bonchev–Trinajstić information content (AvgIpc) is 3.37. The molecule has 0 aliphatic heterocycles. The van der Waals surface area contributed by atoms with Crippen LogP contribution in [0.1, 0.15) is 28.8 Å². The van der Waals surface area contributed by atoms with Gasteiger partial charge in [0.15, 0.2) is 0 Å². The van der Waals surface area contributed by atoms with Gasteiger partial charge in [0.05, 0.1) is 5.56 Å². The van der Waals surface area contributed by atoms with E-state index in [4.69, 9.17) is 4.74 Å². The van der Waals surface area contributed by atoms with E-state index in [0.29, 0.717) is 23.8 Å². The third kappa shape index (κ3) is 4.28. The van der Waals surface area contributed by atoms with Crippen molar-refractivity contribution in [2.45, 2.75) is 19.0 Å². The SMILES string of the molecule is O=C(NCC1CC1)c1cccc(Oc2cccc(C(F)(F)F)c2)c1. The van der Waals surface area contributed by atoms with Gasteiger partial charge in [0.2, 0.25) is 0 Å². The summed E-state index contributed by atoms with van der Waals surface area (Å²) in [5.41, 5.74) is -0.363. The molecule has 1 amide bonds. The van der Waals surface area contributed by atoms with Crippen LogP contribution in [0.15, 0.2) is 48.5 Å². The van der Waals surface area contributed by atoms with Crippen LogP contribution in [0.2, 0.25) is 0 Å². The van der Waals surface area contributed by atoms with Crippen molar-refractivity contribution in [3.63, 3.8) is 0 Å². The van der Waals surface area contributed by atoms with E-state index in [2.05, 4.69) is 5.32 Å². The summed E-state index contributed by atoms with van der Waals surface area (Å²) in [7, 11) is 0. The largest absolute Gasteiger partial charge is 0.457 e. The molecule has 0 atom stereocenters. The van der Waals surface area contributed by atoms with Crippen LogP contribution in [-0.4, -0.2) is 12.5 Å². The first-order valence-electron chi connectivity index (χ1n) is 7.65. The topological polar surface area (TPSA) is 38.3 Å². The number of alkyl halides is 3. The Morgan fingerprint density at radius 1 is 1.08 bits per heavy atom. The van der Waals surface area contributed by atoms with E-state index in [0.717, 1.165) is 25.0 Å². The molecule has 0 heterocycles. The number of amides is 1. The smallest absolute Gasteiger partial charge is 0.416 e. The van der Waals surface area contributed by atoms with E-state index in [1.54, 1.807) is 18.2 Å². The Hall–Kier alpha value is -2.50. The summed E-state index contributed by atoms with van der Waals surface area (Å²) in [6, 6.07) is 11.0. The zero-order valence-corrected chi connectivity index (χ0v) is 12.8. The second-order valence-electron chi connectivity index (χ2n) is 5.81. The summed E-state index contributed by atoms with van der Waals surface area (Å²) < 4.78 is 43.6. The van der Waals surface area contributed by atoms with E-state index in [-0.39, 0.29) is 11.7 Å². The fraction of sp³-hybridized carbons (Fsp3) is 0.278. The Kier molecular flexibility index (Phi) is 4.46. The molecule has 3 nitrogen and oxygen atoms in total. The molecule has 126 valence electrons. The molecule has 0 radical (unpaired) electrons. The lowest BCUT2D eigenvalue weighted by molar-refractivity contribution is -0.137. The molecule has 2 aromatic rings. The van der Waals surface area contributed by atoms with Crippen molar-refractivity contribution in [1.29, 1.82) is 0 Å². The first kappa shape index (κ1) is 16.4. The van der Waals surface area contributed by atoms with Crippen molar-refractivity contribution >= 4 is 5.91 Å². The predicted octanol–water partition coefficient (Wildman–Crippen LogP) is 4.64. The molecule has 1 fully saturated rings. The van der Waals surface area contributed by atoms with Gasteiger partial charge in [0.1, 0.15) is 11.5 Å². The summed E-state index contributed by atoms with van der Waals surface area (Å²) in [4.78, 5) is 12.1. The monoisotopic (exact) mass is 335 g/mol. The molecule has 2 aromatic carbocycles. The number of hydrogen-bond acceptors (Lipinski definition) is 2.